The lowest BCUT2D eigenvalue weighted by atomic mass is 10.1. The van der Waals surface area contributed by atoms with E-state index in [1.807, 2.05) is 18.2 Å². The van der Waals surface area contributed by atoms with Crippen molar-refractivity contribution in [3.05, 3.63) is 96.1 Å². The molecule has 1 N–H and O–H groups in total. The first-order valence-electron chi connectivity index (χ1n) is 9.41. The van der Waals surface area contributed by atoms with Crippen LogP contribution in [0.15, 0.2) is 84.9 Å². The lowest BCUT2D eigenvalue weighted by Gasteiger charge is -2.43. The molecule has 0 radical (unpaired) electrons. The largest absolute Gasteiger partial charge is 0.403 e. The lowest BCUT2D eigenvalue weighted by Crippen LogP contribution is -2.66. The van der Waals surface area contributed by atoms with E-state index in [9.17, 15) is 5.11 Å². The average molecular weight is 377 g/mol. The third-order valence-electron chi connectivity index (χ3n) is 5.05. The molecule has 0 atom stereocenters. The molecule has 0 aromatic heterocycles. The van der Waals surface area contributed by atoms with Crippen molar-refractivity contribution in [2.75, 3.05) is 0 Å². The molecule has 27 heavy (non-hydrogen) atoms. The maximum absolute atomic E-state index is 9.44. The van der Waals surface area contributed by atoms with E-state index in [0.717, 1.165) is 11.1 Å². The Morgan fingerprint density at radius 1 is 0.741 bits per heavy atom. The molecule has 0 aliphatic rings. The zero-order chi connectivity index (χ0) is 19.3. The Morgan fingerprint density at radius 2 is 1.26 bits per heavy atom. The van der Waals surface area contributed by atoms with Crippen LogP contribution in [-0.4, -0.2) is 13.4 Å². The molecule has 0 heterocycles. The van der Waals surface area contributed by atoms with Crippen LogP contribution in [0.5, 0.6) is 0 Å². The summed E-state index contributed by atoms with van der Waals surface area (Å²) in [5, 5.41) is 12.0. The molecule has 0 aliphatic carbocycles. The fraction of sp³-hybridized carbons (Fsp3) is 0.250. The number of aliphatic hydroxyl groups is 1. The molecule has 2 nitrogen and oxygen atoms in total. The van der Waals surface area contributed by atoms with E-state index in [1.54, 1.807) is 0 Å². The first kappa shape index (κ1) is 19.6. The molecule has 0 fully saturated rings. The Bertz CT molecular complexity index is 815. The summed E-state index contributed by atoms with van der Waals surface area (Å²) in [4.78, 5) is 0. The van der Waals surface area contributed by atoms with Gasteiger partial charge in [-0.25, -0.2) is 0 Å². The van der Waals surface area contributed by atoms with Gasteiger partial charge in [0.15, 0.2) is 0 Å². The molecule has 0 unspecified atom stereocenters. The second-order valence-electron chi connectivity index (χ2n) is 7.93. The van der Waals surface area contributed by atoms with Crippen molar-refractivity contribution in [2.45, 2.75) is 39.0 Å². The van der Waals surface area contributed by atoms with E-state index in [0.29, 0.717) is 6.61 Å². The normalized spacial score (nSPS) is 12.1. The molecule has 0 saturated carbocycles. The monoisotopic (exact) mass is 376 g/mol. The number of hydrogen-bond donors (Lipinski definition) is 1. The molecule has 140 valence electrons. The van der Waals surface area contributed by atoms with E-state index in [1.165, 1.54) is 10.4 Å². The zero-order valence-electron chi connectivity index (χ0n) is 16.4. The van der Waals surface area contributed by atoms with Crippen LogP contribution in [-0.2, 0) is 17.6 Å². The third kappa shape index (κ3) is 4.06. The molecule has 0 aliphatic heterocycles. The fourth-order valence-electron chi connectivity index (χ4n) is 3.77. The summed E-state index contributed by atoms with van der Waals surface area (Å²) in [6, 6.07) is 29.3. The number of aliphatic hydroxyl groups excluding tert-OH is 1. The Morgan fingerprint density at radius 3 is 1.74 bits per heavy atom. The summed E-state index contributed by atoms with van der Waals surface area (Å²) >= 11 is 0. The average Bonchev–Trinajstić information content (AvgIpc) is 2.69. The van der Waals surface area contributed by atoms with E-state index in [-0.39, 0.29) is 11.6 Å². The predicted octanol–water partition coefficient (Wildman–Crippen LogP) is 4.26. The highest BCUT2D eigenvalue weighted by molar-refractivity contribution is 6.99. The van der Waals surface area contributed by atoms with Crippen LogP contribution in [0.1, 0.15) is 31.9 Å². The summed E-state index contributed by atoms with van der Waals surface area (Å²) < 4.78 is 6.91. The molecule has 0 amide bonds. The summed E-state index contributed by atoms with van der Waals surface area (Å²) in [6.07, 6.45) is 0. The molecular formula is C24H28O2Si. The van der Waals surface area contributed by atoms with Crippen molar-refractivity contribution in [3.63, 3.8) is 0 Å². The Labute approximate surface area is 163 Å². The smallest absolute Gasteiger partial charge is 0.261 e. The Balaban J connectivity index is 2.09. The van der Waals surface area contributed by atoms with Gasteiger partial charge in [0.1, 0.15) is 0 Å². The zero-order valence-corrected chi connectivity index (χ0v) is 17.4. The van der Waals surface area contributed by atoms with Crippen LogP contribution >= 0.6 is 0 Å². The van der Waals surface area contributed by atoms with Crippen LogP contribution in [0, 0.1) is 0 Å². The van der Waals surface area contributed by atoms with E-state index >= 15 is 0 Å². The minimum Gasteiger partial charge on any atom is -0.403 e. The van der Waals surface area contributed by atoms with Gasteiger partial charge in [0.2, 0.25) is 0 Å². The third-order valence-corrected chi connectivity index (χ3v) is 10.0. The Kier molecular flexibility index (Phi) is 5.95. The Hall–Kier alpha value is -2.20. The van der Waals surface area contributed by atoms with Crippen molar-refractivity contribution in [2.24, 2.45) is 0 Å². The maximum Gasteiger partial charge on any atom is 0.261 e. The highest BCUT2D eigenvalue weighted by Crippen LogP contribution is 2.37. The van der Waals surface area contributed by atoms with Gasteiger partial charge in [-0.05, 0) is 26.5 Å². The topological polar surface area (TPSA) is 29.5 Å². The quantitative estimate of drug-likeness (QED) is 0.652. The van der Waals surface area contributed by atoms with Crippen LogP contribution < -0.4 is 10.4 Å². The van der Waals surface area contributed by atoms with E-state index in [4.69, 9.17) is 4.43 Å². The molecule has 3 aromatic carbocycles. The van der Waals surface area contributed by atoms with Gasteiger partial charge in [-0.1, -0.05) is 106 Å². The second kappa shape index (κ2) is 8.22. The minimum atomic E-state index is -2.52. The first-order chi connectivity index (χ1) is 13.0. The minimum absolute atomic E-state index is 0.0374. The van der Waals surface area contributed by atoms with Crippen molar-refractivity contribution >= 4 is 18.7 Å². The van der Waals surface area contributed by atoms with Gasteiger partial charge in [0.25, 0.3) is 8.32 Å². The number of rotatable bonds is 6. The lowest BCUT2D eigenvalue weighted by molar-refractivity contribution is 0.277. The fourth-order valence-corrected chi connectivity index (χ4v) is 8.31. The maximum atomic E-state index is 9.44. The molecule has 3 aromatic rings. The molecular weight excluding hydrogens is 348 g/mol. The SMILES string of the molecule is CC(C)(C)[Si](OCc1cccc(CO)c1)(c1ccccc1)c1ccccc1. The van der Waals surface area contributed by atoms with Crippen molar-refractivity contribution in [1.82, 2.24) is 0 Å². The van der Waals surface area contributed by atoms with Crippen LogP contribution in [0.4, 0.5) is 0 Å². The first-order valence-corrected chi connectivity index (χ1v) is 11.3. The standard InChI is InChI=1S/C24H28O2Si/c1-24(2,3)27(22-13-6-4-7-14-22,23-15-8-5-9-16-23)26-19-21-12-10-11-20(17-21)18-25/h4-17,25H,18-19H2,1-3H3. The summed E-state index contributed by atoms with van der Waals surface area (Å²) in [7, 11) is -2.52. The van der Waals surface area contributed by atoms with E-state index < -0.39 is 8.32 Å². The summed E-state index contributed by atoms with van der Waals surface area (Å²) in [5.41, 5.74) is 2.01. The van der Waals surface area contributed by atoms with Crippen molar-refractivity contribution < 1.29 is 9.53 Å². The molecule has 0 bridgehead atoms. The second-order valence-corrected chi connectivity index (χ2v) is 12.2. The van der Waals surface area contributed by atoms with Crippen molar-refractivity contribution in [3.8, 4) is 0 Å². The summed E-state index contributed by atoms with van der Waals surface area (Å²) in [6.45, 7) is 7.42. The van der Waals surface area contributed by atoms with Gasteiger partial charge in [-0.15, -0.1) is 0 Å². The molecule has 3 rings (SSSR count). The number of benzene rings is 3. The van der Waals surface area contributed by atoms with Crippen molar-refractivity contribution in [1.29, 1.82) is 0 Å². The van der Waals surface area contributed by atoms with Gasteiger partial charge in [-0.2, -0.15) is 0 Å². The van der Waals surface area contributed by atoms with E-state index in [2.05, 4.69) is 87.5 Å². The molecule has 0 saturated heterocycles. The molecule has 3 heteroatoms. The summed E-state index contributed by atoms with van der Waals surface area (Å²) in [5.74, 6) is 0. The number of hydrogen-bond acceptors (Lipinski definition) is 2. The van der Waals surface area contributed by atoms with Gasteiger partial charge in [0, 0.05) is 0 Å². The van der Waals surface area contributed by atoms with Gasteiger partial charge < -0.3 is 9.53 Å². The van der Waals surface area contributed by atoms with Crippen LogP contribution in [0.2, 0.25) is 5.04 Å². The molecule has 0 spiro atoms. The van der Waals surface area contributed by atoms with Gasteiger partial charge >= 0.3 is 0 Å². The van der Waals surface area contributed by atoms with Crippen LogP contribution in [0.3, 0.4) is 0 Å². The van der Waals surface area contributed by atoms with Crippen LogP contribution in [0.25, 0.3) is 0 Å². The highest BCUT2D eigenvalue weighted by Gasteiger charge is 2.50. The van der Waals surface area contributed by atoms with Gasteiger partial charge in [0.05, 0.1) is 13.2 Å². The van der Waals surface area contributed by atoms with Gasteiger partial charge in [-0.3, -0.25) is 0 Å². The predicted molar refractivity (Wildman–Crippen MR) is 115 cm³/mol. The highest BCUT2D eigenvalue weighted by atomic mass is 28.4.